The lowest BCUT2D eigenvalue weighted by atomic mass is 9.81. The predicted molar refractivity (Wildman–Crippen MR) is 171 cm³/mol. The number of rotatable bonds is 11. The minimum atomic E-state index is 0.400. The summed E-state index contributed by atoms with van der Waals surface area (Å²) in [6.07, 6.45) is 17.4. The molecule has 3 heterocycles. The third-order valence-corrected chi connectivity index (χ3v) is 10.3. The minimum Gasteiger partial charge on any atom is -0.439 e. The Morgan fingerprint density at radius 2 is 1.86 bits per heavy atom. The summed E-state index contributed by atoms with van der Waals surface area (Å²) in [6, 6.07) is 12.9. The topological polar surface area (TPSA) is 79.9 Å². The van der Waals surface area contributed by atoms with E-state index < -0.39 is 0 Å². The number of benzene rings is 1. The number of nitrogens with two attached hydrogens (primary N) is 1. The number of aliphatic imine (C=N–C) groups is 1. The van der Waals surface area contributed by atoms with Crippen molar-refractivity contribution in [2.45, 2.75) is 109 Å². The van der Waals surface area contributed by atoms with Crippen LogP contribution in [0, 0.1) is 12.8 Å². The summed E-state index contributed by atoms with van der Waals surface area (Å²) >= 11 is 1.77. The molecule has 2 aromatic heterocycles. The number of guanidine groups is 1. The quantitative estimate of drug-likeness (QED) is 0.245. The molecular formula is C34H46N6OS. The summed E-state index contributed by atoms with van der Waals surface area (Å²) in [5, 5.41) is 3.42. The van der Waals surface area contributed by atoms with Gasteiger partial charge in [-0.2, -0.15) is 0 Å². The summed E-state index contributed by atoms with van der Waals surface area (Å²) in [6.45, 7) is 4.98. The predicted octanol–water partition coefficient (Wildman–Crippen LogP) is 7.96. The van der Waals surface area contributed by atoms with Crippen LogP contribution in [0.3, 0.4) is 0 Å². The number of pyridine rings is 1. The lowest BCUT2D eigenvalue weighted by Gasteiger charge is -2.42. The molecule has 1 aliphatic heterocycles. The average molecular weight is 587 g/mol. The Bertz CT molecular complexity index is 1310. The molecule has 6 rings (SSSR count). The van der Waals surface area contributed by atoms with Crippen LogP contribution in [0.2, 0.25) is 0 Å². The number of aryl methyl sites for hydroxylation is 1. The highest BCUT2D eigenvalue weighted by atomic mass is 32.1. The fourth-order valence-corrected chi connectivity index (χ4v) is 7.93. The van der Waals surface area contributed by atoms with Crippen molar-refractivity contribution in [3.8, 4) is 11.6 Å². The maximum atomic E-state index is 6.73. The average Bonchev–Trinajstić information content (AvgIpc) is 3.44. The van der Waals surface area contributed by atoms with Gasteiger partial charge in [0.15, 0.2) is 5.96 Å². The Kier molecular flexibility index (Phi) is 9.71. The van der Waals surface area contributed by atoms with Crippen LogP contribution in [-0.4, -0.2) is 44.4 Å². The van der Waals surface area contributed by atoms with Crippen LogP contribution in [-0.2, 0) is 13.1 Å². The Balaban J connectivity index is 1.17. The van der Waals surface area contributed by atoms with Gasteiger partial charge in [0.2, 0.25) is 5.88 Å². The van der Waals surface area contributed by atoms with E-state index in [9.17, 15) is 0 Å². The molecule has 0 spiro atoms. The Morgan fingerprint density at radius 1 is 1.05 bits per heavy atom. The summed E-state index contributed by atoms with van der Waals surface area (Å²) in [5.41, 5.74) is 10.1. The molecular weight excluding hydrogens is 540 g/mol. The van der Waals surface area contributed by atoms with E-state index in [1.807, 2.05) is 30.3 Å². The zero-order valence-corrected chi connectivity index (χ0v) is 25.9. The molecule has 42 heavy (non-hydrogen) atoms. The standard InChI is InChI=1S/C34H46N6OS/c1-25-37-28(24-42-25)23-39(29-13-6-3-7-14-29)20-10-15-32(26-11-4-2-5-12-26)40-22-27-21-30(17-18-31(27)38-34(40)35)41-33-16-8-9-19-36-33/h8-9,16-19,21,24,26,29,32H,2-7,10-15,20,22-23H2,1H3,(H2,35,38). The molecule has 3 aliphatic rings. The number of aromatic nitrogens is 2. The van der Waals surface area contributed by atoms with Crippen molar-refractivity contribution >= 4 is 23.0 Å². The first-order chi connectivity index (χ1) is 20.6. The zero-order valence-electron chi connectivity index (χ0n) is 25.1. The minimum absolute atomic E-state index is 0.400. The number of thiazole rings is 1. The van der Waals surface area contributed by atoms with Crippen molar-refractivity contribution in [1.82, 2.24) is 19.8 Å². The van der Waals surface area contributed by atoms with Crippen LogP contribution in [0.1, 0.15) is 93.3 Å². The van der Waals surface area contributed by atoms with E-state index >= 15 is 0 Å². The molecule has 0 amide bonds. The monoisotopic (exact) mass is 586 g/mol. The van der Waals surface area contributed by atoms with Gasteiger partial charge >= 0.3 is 0 Å². The van der Waals surface area contributed by atoms with Gasteiger partial charge in [-0.05, 0) is 82.2 Å². The van der Waals surface area contributed by atoms with Crippen LogP contribution < -0.4 is 10.5 Å². The summed E-state index contributed by atoms with van der Waals surface area (Å²) in [4.78, 5) is 19.2. The van der Waals surface area contributed by atoms with Gasteiger partial charge in [-0.3, -0.25) is 4.90 Å². The van der Waals surface area contributed by atoms with Crippen molar-refractivity contribution in [2.75, 3.05) is 6.54 Å². The van der Waals surface area contributed by atoms with Gasteiger partial charge in [0, 0.05) is 48.4 Å². The Morgan fingerprint density at radius 3 is 2.60 bits per heavy atom. The molecule has 2 fully saturated rings. The van der Waals surface area contributed by atoms with Crippen LogP contribution in [0.25, 0.3) is 0 Å². The lowest BCUT2D eigenvalue weighted by molar-refractivity contribution is 0.125. The van der Waals surface area contributed by atoms with E-state index in [0.717, 1.165) is 37.5 Å². The molecule has 3 aromatic rings. The molecule has 2 aliphatic carbocycles. The van der Waals surface area contributed by atoms with E-state index in [-0.39, 0.29) is 0 Å². The molecule has 7 nitrogen and oxygen atoms in total. The largest absolute Gasteiger partial charge is 0.439 e. The summed E-state index contributed by atoms with van der Waals surface area (Å²) in [5.74, 6) is 2.71. The smallest absolute Gasteiger partial charge is 0.219 e. The van der Waals surface area contributed by atoms with E-state index in [0.29, 0.717) is 29.8 Å². The fraction of sp³-hybridized carbons (Fsp3) is 0.559. The van der Waals surface area contributed by atoms with Crippen molar-refractivity contribution in [2.24, 2.45) is 16.6 Å². The molecule has 8 heteroatoms. The van der Waals surface area contributed by atoms with Crippen LogP contribution >= 0.6 is 11.3 Å². The van der Waals surface area contributed by atoms with Crippen molar-refractivity contribution < 1.29 is 4.74 Å². The second kappa shape index (κ2) is 14.0. The molecule has 2 saturated carbocycles. The summed E-state index contributed by atoms with van der Waals surface area (Å²) in [7, 11) is 0. The van der Waals surface area contributed by atoms with E-state index in [1.165, 1.54) is 86.9 Å². The first-order valence-electron chi connectivity index (χ1n) is 16.1. The third kappa shape index (κ3) is 7.32. The zero-order chi connectivity index (χ0) is 28.7. The molecule has 0 bridgehead atoms. The van der Waals surface area contributed by atoms with E-state index in [2.05, 4.69) is 33.2 Å². The third-order valence-electron chi connectivity index (χ3n) is 9.44. The van der Waals surface area contributed by atoms with Gasteiger partial charge in [-0.1, -0.05) is 44.6 Å². The molecule has 0 radical (unpaired) electrons. The number of fused-ring (bicyclic) bond motifs is 1. The second-order valence-electron chi connectivity index (χ2n) is 12.4. The van der Waals surface area contributed by atoms with Gasteiger partial charge < -0.3 is 15.4 Å². The SMILES string of the molecule is Cc1nc(CN(CCCC(C2CCCCC2)N2Cc3cc(Oc4ccccn4)ccc3N=C2N)C2CCCCC2)cs1. The number of hydrogen-bond donors (Lipinski definition) is 1. The number of hydrogen-bond acceptors (Lipinski definition) is 8. The van der Waals surface area contributed by atoms with Crippen LogP contribution in [0.15, 0.2) is 53.0 Å². The molecule has 224 valence electrons. The molecule has 1 unspecified atom stereocenters. The normalized spacial score (nSPS) is 19.0. The van der Waals surface area contributed by atoms with Crippen molar-refractivity contribution in [3.63, 3.8) is 0 Å². The first-order valence-corrected chi connectivity index (χ1v) is 17.0. The maximum absolute atomic E-state index is 6.73. The molecule has 1 aromatic carbocycles. The van der Waals surface area contributed by atoms with Gasteiger partial charge in [-0.15, -0.1) is 11.3 Å². The number of ether oxygens (including phenoxy) is 1. The van der Waals surface area contributed by atoms with Gasteiger partial charge in [-0.25, -0.2) is 15.0 Å². The van der Waals surface area contributed by atoms with Crippen molar-refractivity contribution in [3.05, 3.63) is 64.2 Å². The van der Waals surface area contributed by atoms with Gasteiger partial charge in [0.1, 0.15) is 5.75 Å². The molecule has 2 N–H and O–H groups in total. The molecule has 0 saturated heterocycles. The highest BCUT2D eigenvalue weighted by Crippen LogP contribution is 2.37. The van der Waals surface area contributed by atoms with E-state index in [1.54, 1.807) is 17.5 Å². The molecule has 1 atom stereocenters. The highest BCUT2D eigenvalue weighted by Gasteiger charge is 2.33. The lowest BCUT2D eigenvalue weighted by Crippen LogP contribution is -2.49. The second-order valence-corrected chi connectivity index (χ2v) is 13.4. The summed E-state index contributed by atoms with van der Waals surface area (Å²) < 4.78 is 6.06. The maximum Gasteiger partial charge on any atom is 0.219 e. The van der Waals surface area contributed by atoms with Crippen LogP contribution in [0.4, 0.5) is 5.69 Å². The van der Waals surface area contributed by atoms with Gasteiger partial charge in [0.05, 0.1) is 16.4 Å². The van der Waals surface area contributed by atoms with Crippen molar-refractivity contribution in [1.29, 1.82) is 0 Å². The number of nitrogens with zero attached hydrogens (tertiary/aromatic N) is 5. The highest BCUT2D eigenvalue weighted by molar-refractivity contribution is 7.09. The fourth-order valence-electron chi connectivity index (χ4n) is 7.32. The Labute approximate surface area is 255 Å². The Hall–Kier alpha value is -2.97. The van der Waals surface area contributed by atoms with Crippen LogP contribution in [0.5, 0.6) is 11.6 Å². The van der Waals surface area contributed by atoms with Gasteiger partial charge in [0.25, 0.3) is 0 Å². The van der Waals surface area contributed by atoms with E-state index in [4.69, 9.17) is 20.4 Å². The first kappa shape index (κ1) is 29.1.